The molecule has 1 fully saturated rings. The molecule has 1 aliphatic carbocycles. The summed E-state index contributed by atoms with van der Waals surface area (Å²) < 4.78 is 10.9. The average Bonchev–Trinajstić information content (AvgIpc) is 2.55. The van der Waals surface area contributed by atoms with Crippen LogP contribution in [0.1, 0.15) is 48.9 Å². The Labute approximate surface area is 147 Å². The van der Waals surface area contributed by atoms with Gasteiger partial charge in [-0.3, -0.25) is 4.79 Å². The maximum atomic E-state index is 12.1. The van der Waals surface area contributed by atoms with Crippen LogP contribution >= 0.6 is 23.2 Å². The lowest BCUT2D eigenvalue weighted by Crippen LogP contribution is -2.26. The number of amides is 1. The molecule has 1 saturated carbocycles. The Balaban J connectivity index is 1.72. The van der Waals surface area contributed by atoms with Crippen molar-refractivity contribution < 1.29 is 14.3 Å². The van der Waals surface area contributed by atoms with Crippen LogP contribution in [0.25, 0.3) is 0 Å². The molecule has 4 nitrogen and oxygen atoms in total. The second kappa shape index (κ2) is 9.36. The summed E-state index contributed by atoms with van der Waals surface area (Å²) in [4.78, 5) is 12.1. The third-order valence-electron chi connectivity index (χ3n) is 3.98. The van der Waals surface area contributed by atoms with E-state index in [-0.39, 0.29) is 5.91 Å². The predicted molar refractivity (Wildman–Crippen MR) is 92.8 cm³/mol. The number of methoxy groups -OCH3 is 1. The molecule has 0 unspecified atom stereocenters. The Morgan fingerprint density at radius 1 is 1.22 bits per heavy atom. The van der Waals surface area contributed by atoms with E-state index in [1.165, 1.54) is 26.4 Å². The summed E-state index contributed by atoms with van der Waals surface area (Å²) in [5.41, 5.74) is 0.425. The zero-order valence-electron chi connectivity index (χ0n) is 13.4. The Kier molecular flexibility index (Phi) is 7.47. The van der Waals surface area contributed by atoms with Gasteiger partial charge in [-0.25, -0.2) is 0 Å². The largest absolute Gasteiger partial charge is 0.494 e. The van der Waals surface area contributed by atoms with Gasteiger partial charge in [0.15, 0.2) is 5.75 Å². The van der Waals surface area contributed by atoms with E-state index in [1.807, 2.05) is 0 Å². The first-order chi connectivity index (χ1) is 11.1. The van der Waals surface area contributed by atoms with Gasteiger partial charge in [0.05, 0.1) is 23.3 Å². The van der Waals surface area contributed by atoms with Crippen LogP contribution in [0.3, 0.4) is 0 Å². The molecule has 0 heterocycles. The van der Waals surface area contributed by atoms with Crippen LogP contribution in [0.4, 0.5) is 0 Å². The van der Waals surface area contributed by atoms with Crippen molar-refractivity contribution in [1.29, 1.82) is 0 Å². The minimum absolute atomic E-state index is 0.200. The van der Waals surface area contributed by atoms with Gasteiger partial charge in [0.25, 0.3) is 5.91 Å². The van der Waals surface area contributed by atoms with Crippen LogP contribution in [0.5, 0.6) is 5.75 Å². The van der Waals surface area contributed by atoms with Gasteiger partial charge in [-0.05, 0) is 31.4 Å². The minimum atomic E-state index is -0.200. The monoisotopic (exact) mass is 359 g/mol. The lowest BCUT2D eigenvalue weighted by atomic mass is 9.98. The van der Waals surface area contributed by atoms with Crippen molar-refractivity contribution in [3.63, 3.8) is 0 Å². The van der Waals surface area contributed by atoms with E-state index in [1.54, 1.807) is 12.1 Å². The van der Waals surface area contributed by atoms with Gasteiger partial charge in [0, 0.05) is 18.7 Å². The van der Waals surface area contributed by atoms with E-state index in [9.17, 15) is 4.79 Å². The number of hydrogen-bond acceptors (Lipinski definition) is 3. The number of carbonyl (C=O) groups excluding carboxylic acids is 1. The summed E-state index contributed by atoms with van der Waals surface area (Å²) >= 11 is 12.1. The van der Waals surface area contributed by atoms with Crippen LogP contribution in [0, 0.1) is 0 Å². The number of rotatable bonds is 7. The van der Waals surface area contributed by atoms with Crippen molar-refractivity contribution >= 4 is 29.1 Å². The summed E-state index contributed by atoms with van der Waals surface area (Å²) in [6, 6.07) is 3.11. The lowest BCUT2D eigenvalue weighted by molar-refractivity contribution is 0.0273. The topological polar surface area (TPSA) is 47.6 Å². The van der Waals surface area contributed by atoms with E-state index in [2.05, 4.69) is 5.32 Å². The molecule has 1 N–H and O–H groups in total. The fourth-order valence-electron chi connectivity index (χ4n) is 2.74. The summed E-state index contributed by atoms with van der Waals surface area (Å²) in [6.45, 7) is 1.24. The van der Waals surface area contributed by atoms with Crippen molar-refractivity contribution in [2.75, 3.05) is 20.3 Å². The number of benzene rings is 1. The van der Waals surface area contributed by atoms with Crippen molar-refractivity contribution in [1.82, 2.24) is 5.32 Å². The molecular weight excluding hydrogens is 337 g/mol. The molecule has 1 aromatic rings. The molecule has 0 saturated heterocycles. The van der Waals surface area contributed by atoms with Gasteiger partial charge in [-0.15, -0.1) is 0 Å². The van der Waals surface area contributed by atoms with Gasteiger partial charge in [0.2, 0.25) is 0 Å². The highest BCUT2D eigenvalue weighted by molar-refractivity contribution is 6.37. The van der Waals surface area contributed by atoms with Crippen molar-refractivity contribution in [2.24, 2.45) is 0 Å². The molecule has 0 aromatic heterocycles. The quantitative estimate of drug-likeness (QED) is 0.730. The molecule has 6 heteroatoms. The van der Waals surface area contributed by atoms with Crippen LogP contribution in [0.15, 0.2) is 12.1 Å². The molecular formula is C17H23Cl2NO3. The number of halogens is 2. The third kappa shape index (κ3) is 5.55. The first-order valence-electron chi connectivity index (χ1n) is 8.04. The number of carbonyl (C=O) groups is 1. The SMILES string of the molecule is COc1c(Cl)cc(C(=O)NCCCOC2CCCCC2)cc1Cl. The predicted octanol–water partition coefficient (Wildman–Crippen LogP) is 4.47. The van der Waals surface area contributed by atoms with Crippen LogP contribution in [-0.2, 0) is 4.74 Å². The van der Waals surface area contributed by atoms with Crippen LogP contribution < -0.4 is 10.1 Å². The van der Waals surface area contributed by atoms with E-state index in [0.717, 1.165) is 19.3 Å². The van der Waals surface area contributed by atoms with E-state index in [4.69, 9.17) is 32.7 Å². The first kappa shape index (κ1) is 18.4. The molecule has 0 bridgehead atoms. The Morgan fingerprint density at radius 2 is 1.87 bits per heavy atom. The summed E-state index contributed by atoms with van der Waals surface area (Å²) in [6.07, 6.45) is 7.37. The molecule has 0 aliphatic heterocycles. The number of nitrogens with one attached hydrogen (secondary N) is 1. The molecule has 0 atom stereocenters. The van der Waals surface area contributed by atoms with E-state index < -0.39 is 0 Å². The van der Waals surface area contributed by atoms with Crippen molar-refractivity contribution in [3.05, 3.63) is 27.7 Å². The molecule has 0 radical (unpaired) electrons. The Hall–Kier alpha value is -0.970. The second-order valence-corrected chi connectivity index (χ2v) is 6.53. The maximum Gasteiger partial charge on any atom is 0.251 e. The number of ether oxygens (including phenoxy) is 2. The molecule has 1 amide bonds. The summed E-state index contributed by atoms with van der Waals surface area (Å²) in [5, 5.41) is 3.50. The van der Waals surface area contributed by atoms with Gasteiger partial charge in [0.1, 0.15) is 0 Å². The van der Waals surface area contributed by atoms with E-state index >= 15 is 0 Å². The average molecular weight is 360 g/mol. The Bertz CT molecular complexity index is 508. The Morgan fingerprint density at radius 3 is 2.48 bits per heavy atom. The van der Waals surface area contributed by atoms with Crippen molar-refractivity contribution in [2.45, 2.75) is 44.6 Å². The summed E-state index contributed by atoms with van der Waals surface area (Å²) in [7, 11) is 1.49. The maximum absolute atomic E-state index is 12.1. The summed E-state index contributed by atoms with van der Waals surface area (Å²) in [5.74, 6) is 0.180. The molecule has 23 heavy (non-hydrogen) atoms. The molecule has 128 valence electrons. The standard InChI is InChI=1S/C17H23Cl2NO3/c1-22-16-14(18)10-12(11-15(16)19)17(21)20-8-5-9-23-13-6-3-2-4-7-13/h10-11,13H,2-9H2,1H3,(H,20,21). The van der Waals surface area contributed by atoms with Gasteiger partial charge in [-0.2, -0.15) is 0 Å². The molecule has 2 rings (SSSR count). The first-order valence-corrected chi connectivity index (χ1v) is 8.80. The highest BCUT2D eigenvalue weighted by Crippen LogP contribution is 2.33. The number of hydrogen-bond donors (Lipinski definition) is 1. The highest BCUT2D eigenvalue weighted by Gasteiger charge is 2.14. The molecule has 0 spiro atoms. The van der Waals surface area contributed by atoms with Crippen molar-refractivity contribution in [3.8, 4) is 5.75 Å². The van der Waals surface area contributed by atoms with Gasteiger partial charge >= 0.3 is 0 Å². The lowest BCUT2D eigenvalue weighted by Gasteiger charge is -2.21. The zero-order valence-corrected chi connectivity index (χ0v) is 14.9. The normalized spacial score (nSPS) is 15.4. The minimum Gasteiger partial charge on any atom is -0.494 e. The smallest absolute Gasteiger partial charge is 0.251 e. The second-order valence-electron chi connectivity index (χ2n) is 5.71. The fourth-order valence-corrected chi connectivity index (χ4v) is 3.39. The van der Waals surface area contributed by atoms with Crippen LogP contribution in [-0.4, -0.2) is 32.3 Å². The molecule has 1 aromatic carbocycles. The molecule has 1 aliphatic rings. The highest BCUT2D eigenvalue weighted by atomic mass is 35.5. The van der Waals surface area contributed by atoms with Gasteiger partial charge < -0.3 is 14.8 Å². The van der Waals surface area contributed by atoms with E-state index in [0.29, 0.717) is 40.6 Å². The third-order valence-corrected chi connectivity index (χ3v) is 4.54. The zero-order chi connectivity index (χ0) is 16.7. The van der Waals surface area contributed by atoms with Gasteiger partial charge in [-0.1, -0.05) is 42.5 Å². The fraction of sp³-hybridized carbons (Fsp3) is 0.588. The van der Waals surface area contributed by atoms with Crippen LogP contribution in [0.2, 0.25) is 10.0 Å².